The third-order valence-electron chi connectivity index (χ3n) is 2.67. The first-order valence-corrected chi connectivity index (χ1v) is 4.29. The number of hydrogen-bond donors (Lipinski definition) is 0. The molecular formula is C10H20O. The maximum absolute atomic E-state index is 11.4. The zero-order valence-electron chi connectivity index (χ0n) is 9.11. The van der Waals surface area contributed by atoms with Gasteiger partial charge in [0.05, 0.1) is 0 Å². The zero-order chi connectivity index (χ0) is 9.78. The van der Waals surface area contributed by atoms with E-state index in [4.69, 9.17) is 1.37 Å². The van der Waals surface area contributed by atoms with E-state index >= 15 is 0 Å². The van der Waals surface area contributed by atoms with Gasteiger partial charge < -0.3 is 0 Å². The molecule has 1 atom stereocenters. The second-order valence-electron chi connectivity index (χ2n) is 3.83. The summed E-state index contributed by atoms with van der Waals surface area (Å²) in [5, 5.41) is 0. The normalized spacial score (nSPS) is 15.8. The molecule has 0 aromatic rings. The molecule has 0 radical (unpaired) electrons. The van der Waals surface area contributed by atoms with Crippen LogP contribution in [0, 0.1) is 11.3 Å². The molecule has 66 valence electrons. The van der Waals surface area contributed by atoms with Crippen molar-refractivity contribution in [2.45, 2.75) is 47.4 Å². The summed E-state index contributed by atoms with van der Waals surface area (Å²) in [6.45, 7) is 8.03. The molecule has 0 fully saturated rings. The molecule has 0 saturated heterocycles. The Labute approximate surface area is 71.6 Å². The second-order valence-corrected chi connectivity index (χ2v) is 3.83. The molecular weight excluding hydrogens is 136 g/mol. The summed E-state index contributed by atoms with van der Waals surface area (Å²) in [6, 6.07) is 0. The molecule has 0 aliphatic rings. The van der Waals surface area contributed by atoms with E-state index < -0.39 is 0 Å². The van der Waals surface area contributed by atoms with E-state index in [2.05, 4.69) is 13.8 Å². The van der Waals surface area contributed by atoms with Crippen molar-refractivity contribution in [3.63, 3.8) is 0 Å². The van der Waals surface area contributed by atoms with Crippen LogP contribution in [0.4, 0.5) is 0 Å². The van der Waals surface area contributed by atoms with Crippen molar-refractivity contribution in [1.82, 2.24) is 0 Å². The summed E-state index contributed by atoms with van der Waals surface area (Å²) < 4.78 is 7.04. The van der Waals surface area contributed by atoms with Crippen LogP contribution >= 0.6 is 0 Å². The first kappa shape index (κ1) is 8.76. The van der Waals surface area contributed by atoms with Crippen LogP contribution in [0.2, 0.25) is 0 Å². The molecule has 0 N–H and O–H groups in total. The van der Waals surface area contributed by atoms with Crippen LogP contribution in [0.25, 0.3) is 0 Å². The van der Waals surface area contributed by atoms with Gasteiger partial charge in [-0.1, -0.05) is 40.5 Å². The van der Waals surface area contributed by atoms with Crippen molar-refractivity contribution in [3.05, 3.63) is 0 Å². The number of rotatable bonds is 4. The minimum Gasteiger partial charge on any atom is -0.299 e. The van der Waals surface area contributed by atoms with E-state index in [0.717, 1.165) is 12.8 Å². The average Bonchev–Trinajstić information content (AvgIpc) is 2.03. The minimum absolute atomic E-state index is 0.0588. The van der Waals surface area contributed by atoms with Crippen molar-refractivity contribution in [2.24, 2.45) is 11.3 Å². The number of carbonyl (C=O) groups excluding carboxylic acids is 1. The van der Waals surface area contributed by atoms with Crippen molar-refractivity contribution in [1.29, 1.82) is 0 Å². The van der Waals surface area contributed by atoms with Gasteiger partial charge in [0.2, 0.25) is 0 Å². The third-order valence-corrected chi connectivity index (χ3v) is 2.67. The molecule has 0 bridgehead atoms. The van der Waals surface area contributed by atoms with Crippen molar-refractivity contribution >= 4 is 5.78 Å². The van der Waals surface area contributed by atoms with E-state index in [1.807, 2.05) is 13.8 Å². The number of hydrogen-bond acceptors (Lipinski definition) is 1. The van der Waals surface area contributed by atoms with Gasteiger partial charge in [-0.25, -0.2) is 0 Å². The fourth-order valence-electron chi connectivity index (χ4n) is 1.07. The first-order chi connectivity index (χ1) is 5.46. The molecule has 11 heavy (non-hydrogen) atoms. The summed E-state index contributed by atoms with van der Waals surface area (Å²) >= 11 is 0. The van der Waals surface area contributed by atoms with Gasteiger partial charge in [0.25, 0.3) is 0 Å². The highest BCUT2D eigenvalue weighted by atomic mass is 16.1. The second kappa shape index (κ2) is 3.89. The Bertz CT molecular complexity index is 152. The molecule has 0 saturated carbocycles. The topological polar surface area (TPSA) is 17.1 Å². The van der Waals surface area contributed by atoms with Crippen molar-refractivity contribution in [2.75, 3.05) is 0 Å². The van der Waals surface area contributed by atoms with Crippen LogP contribution in [-0.4, -0.2) is 5.78 Å². The molecule has 0 rings (SSSR count). The summed E-state index contributed by atoms with van der Waals surface area (Å²) in [5.41, 5.74) is -0.308. The fraction of sp³-hybridized carbons (Fsp3) is 0.900. The van der Waals surface area contributed by atoms with Crippen LogP contribution in [0.3, 0.4) is 0 Å². The Balaban J connectivity index is 4.26. The smallest absolute Gasteiger partial charge is 0.135 e. The predicted molar refractivity (Wildman–Crippen MR) is 48.5 cm³/mol. The molecule has 0 aliphatic heterocycles. The van der Waals surface area contributed by atoms with Crippen LogP contribution in [0.15, 0.2) is 0 Å². The van der Waals surface area contributed by atoms with Crippen LogP contribution in [0.1, 0.15) is 48.8 Å². The minimum atomic E-state index is -0.308. The largest absolute Gasteiger partial charge is 0.299 e. The maximum Gasteiger partial charge on any atom is 0.135 e. The van der Waals surface area contributed by atoms with Gasteiger partial charge in [-0.15, -0.1) is 0 Å². The highest BCUT2D eigenvalue weighted by molar-refractivity contribution is 5.81. The van der Waals surface area contributed by atoms with Gasteiger partial charge >= 0.3 is 0 Å². The average molecular weight is 158 g/mol. The molecule has 0 amide bonds. The summed E-state index contributed by atoms with van der Waals surface area (Å²) in [4.78, 5) is 11.4. The Hall–Kier alpha value is -0.330. The Morgan fingerprint density at radius 3 is 2.55 bits per heavy atom. The number of Topliss-reactive ketones (excluding diaryl/α,β-unsaturated/α-hetero) is 1. The highest BCUT2D eigenvalue weighted by Gasteiger charge is 2.29. The monoisotopic (exact) mass is 158 g/mol. The van der Waals surface area contributed by atoms with Gasteiger partial charge in [0.15, 0.2) is 0 Å². The third kappa shape index (κ3) is 2.64. The zero-order valence-corrected chi connectivity index (χ0v) is 8.11. The van der Waals surface area contributed by atoms with Gasteiger partial charge in [-0.05, 0) is 12.8 Å². The first-order valence-electron chi connectivity index (χ1n) is 5.00. The van der Waals surface area contributed by atoms with E-state index in [-0.39, 0.29) is 18.1 Å². The van der Waals surface area contributed by atoms with Crippen LogP contribution in [-0.2, 0) is 4.79 Å². The predicted octanol–water partition coefficient (Wildman–Crippen LogP) is 3.04. The molecule has 1 heteroatoms. The molecule has 0 heterocycles. The lowest BCUT2D eigenvalue weighted by Gasteiger charge is -2.28. The molecule has 0 aliphatic carbocycles. The molecule has 0 aromatic heterocycles. The van der Waals surface area contributed by atoms with Crippen LogP contribution in [0.5, 0.6) is 0 Å². The SMILES string of the molecule is [3H]CC(=O)C(C)(C)C(C)CCC. The number of ketones is 1. The van der Waals surface area contributed by atoms with Gasteiger partial charge in [-0.3, -0.25) is 4.79 Å². The van der Waals surface area contributed by atoms with Crippen molar-refractivity contribution < 1.29 is 6.17 Å². The summed E-state index contributed by atoms with van der Waals surface area (Å²) in [5.74, 6) is 0.448. The summed E-state index contributed by atoms with van der Waals surface area (Å²) in [7, 11) is 0. The molecule has 0 spiro atoms. The molecule has 0 aromatic carbocycles. The van der Waals surface area contributed by atoms with E-state index in [9.17, 15) is 4.79 Å². The Morgan fingerprint density at radius 2 is 2.18 bits per heavy atom. The fourth-order valence-corrected chi connectivity index (χ4v) is 1.07. The lowest BCUT2D eigenvalue weighted by atomic mass is 9.75. The lowest BCUT2D eigenvalue weighted by Crippen LogP contribution is -2.29. The van der Waals surface area contributed by atoms with Crippen molar-refractivity contribution in [3.8, 4) is 0 Å². The van der Waals surface area contributed by atoms with Crippen LogP contribution < -0.4 is 0 Å². The highest BCUT2D eigenvalue weighted by Crippen LogP contribution is 2.30. The van der Waals surface area contributed by atoms with E-state index in [1.165, 1.54) is 0 Å². The quantitative estimate of drug-likeness (QED) is 0.614. The lowest BCUT2D eigenvalue weighted by molar-refractivity contribution is -0.127. The molecule has 1 unspecified atom stereocenters. The van der Waals surface area contributed by atoms with E-state index in [1.54, 1.807) is 0 Å². The van der Waals surface area contributed by atoms with Gasteiger partial charge in [0.1, 0.15) is 5.78 Å². The molecule has 1 nitrogen and oxygen atoms in total. The van der Waals surface area contributed by atoms with E-state index in [0.29, 0.717) is 5.92 Å². The standard InChI is InChI=1S/C10H20O/c1-6-7-8(2)10(4,5)9(3)11/h8H,6-7H2,1-5H3/i3T. The Kier molecular flexibility index (Phi) is 3.10. The summed E-state index contributed by atoms with van der Waals surface area (Å²) in [6.07, 6.45) is 2.18. The van der Waals surface area contributed by atoms with Gasteiger partial charge in [0, 0.05) is 6.79 Å². The van der Waals surface area contributed by atoms with Gasteiger partial charge in [-0.2, -0.15) is 0 Å². The maximum atomic E-state index is 11.4. The Morgan fingerprint density at radius 1 is 1.64 bits per heavy atom. The number of carbonyl (C=O) groups is 1.